The molecule has 0 aliphatic rings. The number of H-pyrrole nitrogens is 2. The fourth-order valence-electron chi connectivity index (χ4n) is 13.7. The van der Waals surface area contributed by atoms with Crippen molar-refractivity contribution in [1.82, 2.24) is 121 Å². The van der Waals surface area contributed by atoms with Crippen LogP contribution in [0.1, 0.15) is 151 Å². The molecule has 0 saturated carbocycles. The van der Waals surface area contributed by atoms with Crippen LogP contribution in [-0.2, 0) is 110 Å². The van der Waals surface area contributed by atoms with Crippen LogP contribution in [0.2, 0.25) is 0 Å². The summed E-state index contributed by atoms with van der Waals surface area (Å²) in [6.07, 6.45) is -0.905. The van der Waals surface area contributed by atoms with Gasteiger partial charge in [0.2, 0.25) is 100 Å². The topological polar surface area (TPSA) is 878 Å². The molecule has 2 heterocycles. The monoisotopic (exact) mass is 2060 g/mol. The van der Waals surface area contributed by atoms with E-state index in [1.54, 1.807) is 26.4 Å². The minimum absolute atomic E-state index is 0.0134. The average molecular weight is 2060 g/mol. The van der Waals surface area contributed by atoms with Gasteiger partial charge < -0.3 is 164 Å². The van der Waals surface area contributed by atoms with Crippen molar-refractivity contribution in [2.75, 3.05) is 50.2 Å². The molecule has 0 spiro atoms. The highest BCUT2D eigenvalue weighted by Crippen LogP contribution is 2.18. The van der Waals surface area contributed by atoms with Crippen molar-refractivity contribution in [2.45, 2.75) is 274 Å². The van der Waals surface area contributed by atoms with E-state index in [0.717, 1.165) is 20.8 Å². The molecule has 3 aromatic rings. The van der Waals surface area contributed by atoms with Gasteiger partial charge in [0.1, 0.15) is 102 Å². The van der Waals surface area contributed by atoms with Gasteiger partial charge in [-0.2, -0.15) is 23.5 Å². The van der Waals surface area contributed by atoms with Crippen molar-refractivity contribution in [3.05, 3.63) is 66.3 Å². The molecular weight excluding hydrogens is 1920 g/mol. The van der Waals surface area contributed by atoms with Crippen molar-refractivity contribution >= 4 is 148 Å². The number of thioether (sulfide) groups is 2. The van der Waals surface area contributed by atoms with E-state index >= 15 is 0 Å². The Morgan fingerprint density at radius 1 is 0.378 bits per heavy atom. The number of guanidine groups is 2. The lowest BCUT2D eigenvalue weighted by atomic mass is 9.99. The molecule has 2 aromatic heterocycles. The first-order chi connectivity index (χ1) is 67.2. The van der Waals surface area contributed by atoms with Crippen LogP contribution in [0, 0.1) is 28.6 Å². The lowest BCUT2D eigenvalue weighted by molar-refractivity contribution is -0.142. The van der Waals surface area contributed by atoms with Crippen LogP contribution in [0.25, 0.3) is 0 Å². The number of hydrogen-bond donors (Lipinski definition) is 33. The number of aliphatic carboxylic acids is 2. The molecule has 798 valence electrons. The summed E-state index contributed by atoms with van der Waals surface area (Å²) >= 11 is 2.48. The van der Waals surface area contributed by atoms with Gasteiger partial charge in [-0.25, -0.2) is 14.8 Å². The molecule has 0 aliphatic heterocycles. The SMILES string of the molecule is CSCC[C@H](NC(=O)[C@H](C)NC(=O)[C@H](CCCNC(=N)N)NC(=O)CNC(=O)[C@@H](N)[C@@H](C)O)C(=O)N[C@@H](CC(C)C)C(=O)NCC(=O)N[C@H](C(=O)N[C@@H](Cc1cnc[nH]1)C(=O)N[C@H](C(=O)N[C@@H](CCSC)C(=O)N[C@@H](CCC(=O)O)C(=O)N[C@H](C(=O)N[C@H](C(=O)N[C@H](C(=O)N[C@@H](Cc1ccc(O)cc1)C(=O)N[C@@H](Cc1cnc[nH]1)C(=O)N[C@@H](CCCNC(=N)N)C(=O)O)C(C)C)[C@@H](C)O)C(C)C)[C@@H](C)O)[C@@H](C)O. The fraction of sp³-hybridized carbons (Fsp3) is 0.621. The number of carbonyl (C=O) groups excluding carboxylic acids is 17. The van der Waals surface area contributed by atoms with Crippen molar-refractivity contribution in [3.63, 3.8) is 0 Å². The lowest BCUT2D eigenvalue weighted by Gasteiger charge is -2.31. The summed E-state index contributed by atoms with van der Waals surface area (Å²) in [4.78, 5) is 277. The molecule has 0 radical (unpaired) electrons. The minimum Gasteiger partial charge on any atom is -0.508 e. The summed E-state index contributed by atoms with van der Waals surface area (Å²) < 4.78 is 0. The van der Waals surface area contributed by atoms with Gasteiger partial charge in [-0.05, 0) is 145 Å². The predicted molar refractivity (Wildman–Crippen MR) is 520 cm³/mol. The highest BCUT2D eigenvalue weighted by atomic mass is 32.2. The molecule has 20 atom stereocenters. The summed E-state index contributed by atoms with van der Waals surface area (Å²) in [6, 6.07) is -20.3. The highest BCUT2D eigenvalue weighted by Gasteiger charge is 2.42. The number of aliphatic hydroxyl groups excluding tert-OH is 4. The van der Waals surface area contributed by atoms with Crippen molar-refractivity contribution in [2.24, 2.45) is 35.0 Å². The number of phenols is 1. The molecule has 0 fully saturated rings. The molecule has 0 aliphatic carbocycles. The Labute approximate surface area is 833 Å². The third-order valence-corrected chi connectivity index (χ3v) is 23.0. The first kappa shape index (κ1) is 124. The number of nitrogens with zero attached hydrogens (tertiary/aromatic N) is 2. The Morgan fingerprint density at radius 3 is 1.15 bits per heavy atom. The number of hydrogen-bond acceptors (Lipinski definition) is 31. The van der Waals surface area contributed by atoms with E-state index in [1.807, 2.05) is 0 Å². The van der Waals surface area contributed by atoms with Crippen LogP contribution in [-0.4, -0.2) is 351 Å². The van der Waals surface area contributed by atoms with E-state index in [1.165, 1.54) is 114 Å². The van der Waals surface area contributed by atoms with Crippen molar-refractivity contribution in [1.29, 1.82) is 10.8 Å². The fourth-order valence-corrected chi connectivity index (χ4v) is 14.6. The van der Waals surface area contributed by atoms with Gasteiger partial charge in [0.15, 0.2) is 11.9 Å². The van der Waals surface area contributed by atoms with E-state index in [2.05, 4.69) is 121 Å². The van der Waals surface area contributed by atoms with Crippen molar-refractivity contribution < 1.29 is 127 Å². The van der Waals surface area contributed by atoms with Crippen LogP contribution < -0.4 is 118 Å². The lowest BCUT2D eigenvalue weighted by Crippen LogP contribution is -2.63. The molecule has 3 rings (SSSR count). The van der Waals surface area contributed by atoms with Gasteiger partial charge >= 0.3 is 11.9 Å². The number of carbonyl (C=O) groups is 19. The molecule has 54 nitrogen and oxygen atoms in total. The second kappa shape index (κ2) is 63.3. The number of nitrogens with one attached hydrogen (secondary N) is 23. The van der Waals surface area contributed by atoms with E-state index in [9.17, 15) is 127 Å². The van der Waals surface area contributed by atoms with Gasteiger partial charge in [-0.1, -0.05) is 53.7 Å². The summed E-state index contributed by atoms with van der Waals surface area (Å²) in [5, 5.41) is 134. The molecule has 0 unspecified atom stereocenters. The summed E-state index contributed by atoms with van der Waals surface area (Å²) in [5.41, 5.74) is 17.2. The first-order valence-corrected chi connectivity index (χ1v) is 48.9. The Balaban J connectivity index is 1.85. The zero-order chi connectivity index (χ0) is 108. The van der Waals surface area contributed by atoms with Crippen LogP contribution >= 0.6 is 23.5 Å². The van der Waals surface area contributed by atoms with E-state index in [4.69, 9.17) is 28.0 Å². The average Bonchev–Trinajstić information content (AvgIpc) is 1.45. The van der Waals surface area contributed by atoms with Crippen LogP contribution in [0.15, 0.2) is 49.3 Å². The molecule has 56 heteroatoms. The number of nitrogens with two attached hydrogens (primary N) is 3. The van der Waals surface area contributed by atoms with Gasteiger partial charge in [0.25, 0.3) is 0 Å². The largest absolute Gasteiger partial charge is 0.508 e. The Kier molecular flexibility index (Phi) is 54.7. The first-order valence-electron chi connectivity index (χ1n) is 46.1. The number of carboxylic acids is 2. The summed E-state index contributed by atoms with van der Waals surface area (Å²) in [6.45, 7) is 13.7. The third kappa shape index (κ3) is 45.9. The van der Waals surface area contributed by atoms with E-state index in [0.29, 0.717) is 11.3 Å². The van der Waals surface area contributed by atoms with Gasteiger partial charge in [-0.3, -0.25) is 97.1 Å². The predicted octanol–water partition coefficient (Wildman–Crippen LogP) is -9.42. The zero-order valence-electron chi connectivity index (χ0n) is 82.0. The number of imidazole rings is 2. The summed E-state index contributed by atoms with van der Waals surface area (Å²) in [7, 11) is 0. The molecule has 36 N–H and O–H groups in total. The molecule has 1 aromatic carbocycles. The second-order valence-corrected chi connectivity index (χ2v) is 37.1. The number of aliphatic hydroxyl groups is 4. The molecule has 0 bridgehead atoms. The minimum atomic E-state index is -1.99. The van der Waals surface area contributed by atoms with E-state index in [-0.39, 0.29) is 112 Å². The number of carboxylic acid groups (broad SMARTS) is 2. The van der Waals surface area contributed by atoms with Crippen LogP contribution in [0.3, 0.4) is 0 Å². The Morgan fingerprint density at radius 2 is 0.720 bits per heavy atom. The maximum Gasteiger partial charge on any atom is 0.326 e. The molecule has 143 heavy (non-hydrogen) atoms. The van der Waals surface area contributed by atoms with Crippen molar-refractivity contribution in [3.8, 4) is 5.75 Å². The van der Waals surface area contributed by atoms with Crippen LogP contribution in [0.5, 0.6) is 5.75 Å². The zero-order valence-corrected chi connectivity index (χ0v) is 83.6. The maximum absolute atomic E-state index is 14.6. The van der Waals surface area contributed by atoms with Gasteiger partial charge in [0, 0.05) is 62.6 Å². The number of benzene rings is 1. The Hall–Kier alpha value is -13.6. The number of aromatic amines is 2. The molecular formula is C87H142N28O26S2. The Bertz CT molecular complexity index is 4730. The molecule has 17 amide bonds. The quantitative estimate of drug-likeness (QED) is 0.0142. The number of aromatic hydroxyl groups is 1. The van der Waals surface area contributed by atoms with Gasteiger partial charge in [0.05, 0.1) is 50.2 Å². The smallest absolute Gasteiger partial charge is 0.326 e. The normalized spacial score (nSPS) is 15.4. The highest BCUT2D eigenvalue weighted by molar-refractivity contribution is 7.98. The standard InChI is InChI=1S/C87H142N28O26S2/c1-40(2)30-57(107-74(129)54(24-28-142-12)103-70(125)43(7)101-72(127)52(16-14-26-95-86(89)90)102-61(121)36-98-79(134)64(88)44(8)116)71(126)97-37-62(122)111-67(45(9)117)82(137)110-60(33-50-35-94-39-100-50)78(133)114-68(46(10)118)83(138)105-55(25-29-143-13)73(128)104-53(22-23-63(123)124)75(130)112-66(42(5)6)81(136)115-69(47(11)119)84(139)113-65(41(3)4)80(135)109-58(31-48-18-20-51(120)21-19-48)76(131)108-59(32-49-34-93-38-99-49)77(132)106-56(85(140)141)17-15-27-96-87(91)92/h18-21,34-35,38-47,52-60,64-69,116-120H,14-17,22-33,36-37,88H2,1-13H3,(H,93,99)(H,94,100)(H,97,126)(H,98,134)(H,101,127)(H,102,121)(H,103,125)(H,104,128)(H,105,138)(H,106,132)(H,107,129)(H,108,131)(H,109,135)(H,110,137)(H,111,122)(H,112,130)(H,113,139)(H,114,133)(H,115,136)(H,123,124)(H,140,141)(H4,89,90,95)(H4,91,92,96)/t43-,44+,45+,46+,47+,52-,53-,54-,55-,56-,57-,58-,59-,60-,64-,65-,66-,67-,68-,69-/m0/s1. The van der Waals surface area contributed by atoms with Gasteiger partial charge in [-0.15, -0.1) is 0 Å². The molecule has 0 saturated heterocycles. The number of amides is 17. The van der Waals surface area contributed by atoms with E-state index < -0.39 is 278 Å². The number of aromatic nitrogens is 4. The number of rotatable bonds is 66. The summed E-state index contributed by atoms with van der Waals surface area (Å²) in [5.74, 6) is -23.1. The van der Waals surface area contributed by atoms with Crippen LogP contribution in [0.4, 0.5) is 0 Å². The second-order valence-electron chi connectivity index (χ2n) is 35.1. The number of phenolic OH excluding ortho intramolecular Hbond substituents is 1. The third-order valence-electron chi connectivity index (χ3n) is 21.7. The maximum atomic E-state index is 14.6.